The molecule has 0 aliphatic rings. The van der Waals surface area contributed by atoms with Crippen molar-refractivity contribution in [3.8, 4) is 0 Å². The lowest BCUT2D eigenvalue weighted by molar-refractivity contribution is -0.389. The standard InChI is InChI=1S/C6H9N5O2S/c1-3-4(11(12)13)5(14-2)9-6(8-3)10-7/h7H2,1-2H3,(H,8,9,10). The summed E-state index contributed by atoms with van der Waals surface area (Å²) in [5.74, 6) is 5.29. The molecule has 1 aromatic heterocycles. The van der Waals surface area contributed by atoms with Gasteiger partial charge in [0.25, 0.3) is 0 Å². The van der Waals surface area contributed by atoms with E-state index in [0.29, 0.717) is 10.7 Å². The lowest BCUT2D eigenvalue weighted by Crippen LogP contribution is -2.12. The maximum Gasteiger partial charge on any atom is 0.322 e. The maximum absolute atomic E-state index is 10.7. The first-order valence-electron chi connectivity index (χ1n) is 3.63. The Hall–Kier alpha value is -1.41. The summed E-state index contributed by atoms with van der Waals surface area (Å²) in [5.41, 5.74) is 2.47. The first-order chi connectivity index (χ1) is 6.60. The number of hydrogen-bond acceptors (Lipinski definition) is 7. The molecule has 7 nitrogen and oxygen atoms in total. The second-order valence-electron chi connectivity index (χ2n) is 2.39. The molecule has 1 aromatic rings. The van der Waals surface area contributed by atoms with E-state index in [0.717, 1.165) is 0 Å². The molecule has 0 amide bonds. The van der Waals surface area contributed by atoms with Crippen LogP contribution in [-0.4, -0.2) is 21.1 Å². The van der Waals surface area contributed by atoms with Gasteiger partial charge in [-0.1, -0.05) is 0 Å². The monoisotopic (exact) mass is 215 g/mol. The van der Waals surface area contributed by atoms with Crippen molar-refractivity contribution in [1.82, 2.24) is 9.97 Å². The predicted molar refractivity (Wildman–Crippen MR) is 53.0 cm³/mol. The Morgan fingerprint density at radius 3 is 2.64 bits per heavy atom. The van der Waals surface area contributed by atoms with Gasteiger partial charge in [-0.3, -0.25) is 15.5 Å². The molecule has 0 radical (unpaired) electrons. The number of nitrogens with zero attached hydrogens (tertiary/aromatic N) is 3. The van der Waals surface area contributed by atoms with Gasteiger partial charge in [0, 0.05) is 0 Å². The molecule has 1 heterocycles. The predicted octanol–water partition coefficient (Wildman–Crippen LogP) is 0.701. The van der Waals surface area contributed by atoms with Crippen molar-refractivity contribution in [2.24, 2.45) is 5.84 Å². The summed E-state index contributed by atoms with van der Waals surface area (Å²) in [6.07, 6.45) is 1.70. The molecular formula is C6H9N5O2S. The van der Waals surface area contributed by atoms with E-state index in [4.69, 9.17) is 5.84 Å². The summed E-state index contributed by atoms with van der Waals surface area (Å²) in [7, 11) is 0. The van der Waals surface area contributed by atoms with Gasteiger partial charge in [-0.2, -0.15) is 4.98 Å². The highest BCUT2D eigenvalue weighted by Crippen LogP contribution is 2.28. The van der Waals surface area contributed by atoms with Gasteiger partial charge < -0.3 is 0 Å². The molecule has 8 heteroatoms. The molecule has 0 fully saturated rings. The maximum atomic E-state index is 10.7. The average molecular weight is 215 g/mol. The number of aromatic nitrogens is 2. The Kier molecular flexibility index (Phi) is 3.20. The summed E-state index contributed by atoms with van der Waals surface area (Å²) >= 11 is 1.18. The number of nitro groups is 1. The molecule has 0 bridgehead atoms. The van der Waals surface area contributed by atoms with Crippen molar-refractivity contribution in [3.63, 3.8) is 0 Å². The molecule has 0 spiro atoms. The number of nitrogen functional groups attached to an aromatic ring is 1. The van der Waals surface area contributed by atoms with Crippen LogP contribution in [0.25, 0.3) is 0 Å². The smallest absolute Gasteiger partial charge is 0.292 e. The largest absolute Gasteiger partial charge is 0.322 e. The average Bonchev–Trinajstić information content (AvgIpc) is 2.15. The molecule has 3 N–H and O–H groups in total. The first kappa shape index (κ1) is 10.7. The van der Waals surface area contributed by atoms with Gasteiger partial charge >= 0.3 is 5.69 Å². The Balaban J connectivity index is 3.34. The summed E-state index contributed by atoms with van der Waals surface area (Å²) in [4.78, 5) is 17.8. The van der Waals surface area contributed by atoms with Crippen molar-refractivity contribution < 1.29 is 4.92 Å². The summed E-state index contributed by atoms with van der Waals surface area (Å²) in [5, 5.41) is 11.0. The summed E-state index contributed by atoms with van der Waals surface area (Å²) in [6.45, 7) is 1.54. The molecule has 0 saturated carbocycles. The Labute approximate surface area is 84.2 Å². The van der Waals surface area contributed by atoms with Gasteiger partial charge in [0.1, 0.15) is 5.69 Å². The molecule has 0 saturated heterocycles. The molecule has 1 rings (SSSR count). The molecule has 0 atom stereocenters. The molecule has 0 aliphatic heterocycles. The third kappa shape index (κ3) is 1.91. The molecule has 14 heavy (non-hydrogen) atoms. The lowest BCUT2D eigenvalue weighted by atomic mass is 10.4. The van der Waals surface area contributed by atoms with E-state index in [2.05, 4.69) is 15.4 Å². The van der Waals surface area contributed by atoms with E-state index in [1.165, 1.54) is 11.8 Å². The van der Waals surface area contributed by atoms with Gasteiger partial charge in [-0.25, -0.2) is 10.8 Å². The number of nitrogens with two attached hydrogens (primary N) is 1. The minimum absolute atomic E-state index is 0.0727. The number of aryl methyl sites for hydroxylation is 1. The van der Waals surface area contributed by atoms with Crippen LogP contribution < -0.4 is 11.3 Å². The molecule has 0 aliphatic carbocycles. The van der Waals surface area contributed by atoms with E-state index in [1.54, 1.807) is 13.2 Å². The minimum Gasteiger partial charge on any atom is -0.292 e. The SMILES string of the molecule is CSc1nc(NN)nc(C)c1[N+](=O)[O-]. The van der Waals surface area contributed by atoms with Crippen LogP contribution in [-0.2, 0) is 0 Å². The van der Waals surface area contributed by atoms with Crippen molar-refractivity contribution >= 4 is 23.4 Å². The summed E-state index contributed by atoms with van der Waals surface area (Å²) < 4.78 is 0. The van der Waals surface area contributed by atoms with Gasteiger partial charge in [0.2, 0.25) is 5.95 Å². The second-order valence-corrected chi connectivity index (χ2v) is 3.19. The topological polar surface area (TPSA) is 107 Å². The van der Waals surface area contributed by atoms with E-state index in [9.17, 15) is 10.1 Å². The molecule has 0 aromatic carbocycles. The van der Waals surface area contributed by atoms with Crippen molar-refractivity contribution in [3.05, 3.63) is 15.8 Å². The van der Waals surface area contributed by atoms with E-state index >= 15 is 0 Å². The Bertz CT molecular complexity index is 369. The van der Waals surface area contributed by atoms with Crippen molar-refractivity contribution in [2.75, 3.05) is 11.7 Å². The second kappa shape index (κ2) is 4.20. The highest BCUT2D eigenvalue weighted by Gasteiger charge is 2.20. The van der Waals surface area contributed by atoms with Gasteiger partial charge in [0.15, 0.2) is 5.03 Å². The summed E-state index contributed by atoms with van der Waals surface area (Å²) in [6, 6.07) is 0. The molecule has 76 valence electrons. The fourth-order valence-corrected chi connectivity index (χ4v) is 1.55. The van der Waals surface area contributed by atoms with Crippen LogP contribution in [0, 0.1) is 17.0 Å². The Morgan fingerprint density at radius 1 is 1.57 bits per heavy atom. The van der Waals surface area contributed by atoms with Crippen LogP contribution >= 0.6 is 11.8 Å². The number of hydrogen-bond donors (Lipinski definition) is 2. The van der Waals surface area contributed by atoms with E-state index in [1.807, 2.05) is 0 Å². The zero-order valence-electron chi connectivity index (χ0n) is 7.64. The fourth-order valence-electron chi connectivity index (χ4n) is 0.958. The lowest BCUT2D eigenvalue weighted by Gasteiger charge is -2.04. The van der Waals surface area contributed by atoms with Crippen LogP contribution in [0.5, 0.6) is 0 Å². The third-order valence-corrected chi connectivity index (χ3v) is 2.20. The zero-order valence-corrected chi connectivity index (χ0v) is 8.46. The van der Waals surface area contributed by atoms with E-state index < -0.39 is 4.92 Å². The third-order valence-electron chi connectivity index (χ3n) is 1.53. The number of anilines is 1. The van der Waals surface area contributed by atoms with Gasteiger partial charge in [0.05, 0.1) is 4.92 Å². The minimum atomic E-state index is -0.499. The van der Waals surface area contributed by atoms with Crippen LogP contribution in [0.15, 0.2) is 5.03 Å². The normalized spacial score (nSPS) is 9.93. The highest BCUT2D eigenvalue weighted by atomic mass is 32.2. The molecule has 0 unspecified atom stereocenters. The van der Waals surface area contributed by atoms with Crippen LogP contribution in [0.1, 0.15) is 5.69 Å². The number of hydrazine groups is 1. The van der Waals surface area contributed by atoms with Crippen LogP contribution in [0.4, 0.5) is 11.6 Å². The number of nitrogens with one attached hydrogen (secondary N) is 1. The van der Waals surface area contributed by atoms with Gasteiger partial charge in [-0.05, 0) is 13.2 Å². The number of thioether (sulfide) groups is 1. The van der Waals surface area contributed by atoms with Crippen molar-refractivity contribution in [1.29, 1.82) is 0 Å². The molecular weight excluding hydrogens is 206 g/mol. The van der Waals surface area contributed by atoms with Crippen LogP contribution in [0.3, 0.4) is 0 Å². The first-order valence-corrected chi connectivity index (χ1v) is 4.86. The quantitative estimate of drug-likeness (QED) is 0.251. The van der Waals surface area contributed by atoms with E-state index in [-0.39, 0.29) is 11.6 Å². The Morgan fingerprint density at radius 2 is 2.21 bits per heavy atom. The van der Waals surface area contributed by atoms with Crippen LogP contribution in [0.2, 0.25) is 0 Å². The van der Waals surface area contributed by atoms with Gasteiger partial charge in [-0.15, -0.1) is 11.8 Å². The number of rotatable bonds is 3. The van der Waals surface area contributed by atoms with Crippen molar-refractivity contribution in [2.45, 2.75) is 11.9 Å². The highest BCUT2D eigenvalue weighted by molar-refractivity contribution is 7.98. The zero-order chi connectivity index (χ0) is 10.7. The fraction of sp³-hybridized carbons (Fsp3) is 0.333.